The highest BCUT2D eigenvalue weighted by molar-refractivity contribution is 7.91. The van der Waals surface area contributed by atoms with Gasteiger partial charge < -0.3 is 20.3 Å². The van der Waals surface area contributed by atoms with Crippen LogP contribution in [0.2, 0.25) is 0 Å². The summed E-state index contributed by atoms with van der Waals surface area (Å²) >= 11 is 0. The Bertz CT molecular complexity index is 995. The van der Waals surface area contributed by atoms with Crippen molar-refractivity contribution in [2.45, 2.75) is 47.6 Å². The second-order valence-electron chi connectivity index (χ2n) is 8.14. The van der Waals surface area contributed by atoms with Crippen molar-refractivity contribution < 1.29 is 13.2 Å². The summed E-state index contributed by atoms with van der Waals surface area (Å²) in [5, 5.41) is 7.41. The van der Waals surface area contributed by atoms with E-state index in [4.69, 9.17) is 4.74 Å². The van der Waals surface area contributed by atoms with Crippen LogP contribution in [0, 0.1) is 0 Å². The molecule has 7 heteroatoms. The van der Waals surface area contributed by atoms with Crippen LogP contribution in [0.3, 0.4) is 0 Å². The second-order valence-corrected chi connectivity index (χ2v) is 10.1. The summed E-state index contributed by atoms with van der Waals surface area (Å²) in [4.78, 5) is 2.86. The maximum Gasteiger partial charge on any atom is 0.208 e. The Labute approximate surface area is 172 Å². The van der Waals surface area contributed by atoms with Gasteiger partial charge in [0.05, 0.1) is 40.1 Å². The van der Waals surface area contributed by atoms with Crippen molar-refractivity contribution in [1.29, 1.82) is 0 Å². The van der Waals surface area contributed by atoms with E-state index in [1.54, 1.807) is 30.3 Å². The Morgan fingerprint density at radius 2 is 1.62 bits per heavy atom. The Morgan fingerprint density at radius 3 is 2.34 bits per heavy atom. The zero-order valence-corrected chi connectivity index (χ0v) is 17.3. The van der Waals surface area contributed by atoms with Gasteiger partial charge in [-0.2, -0.15) is 0 Å². The van der Waals surface area contributed by atoms with E-state index in [2.05, 4.69) is 15.5 Å². The molecule has 29 heavy (non-hydrogen) atoms. The molecule has 2 heterocycles. The molecule has 2 aromatic carbocycles. The third-order valence-electron chi connectivity index (χ3n) is 6.26. The molecule has 3 aliphatic rings. The Kier molecular flexibility index (Phi) is 4.67. The van der Waals surface area contributed by atoms with E-state index in [1.807, 2.05) is 12.1 Å². The number of nitrogens with zero attached hydrogens (tertiary/aromatic N) is 1. The maximum absolute atomic E-state index is 13.6. The van der Waals surface area contributed by atoms with Gasteiger partial charge in [-0.25, -0.2) is 8.42 Å². The van der Waals surface area contributed by atoms with Gasteiger partial charge in [0.15, 0.2) is 0 Å². The van der Waals surface area contributed by atoms with Gasteiger partial charge in [-0.1, -0.05) is 24.6 Å². The molecular formula is C22H27N3O3S. The Hall–Kier alpha value is -2.25. The summed E-state index contributed by atoms with van der Waals surface area (Å²) < 4.78 is 32.7. The normalized spacial score (nSPS) is 20.8. The predicted molar refractivity (Wildman–Crippen MR) is 114 cm³/mol. The molecule has 0 radical (unpaired) electrons. The topological polar surface area (TPSA) is 70.7 Å². The minimum Gasteiger partial charge on any atom is -0.378 e. The summed E-state index contributed by atoms with van der Waals surface area (Å²) in [5.74, 6) is 0. The van der Waals surface area contributed by atoms with E-state index < -0.39 is 9.84 Å². The summed E-state index contributed by atoms with van der Waals surface area (Å²) in [5.41, 5.74) is 2.55. The van der Waals surface area contributed by atoms with Crippen molar-refractivity contribution in [1.82, 2.24) is 0 Å². The Morgan fingerprint density at radius 1 is 0.897 bits per heavy atom. The lowest BCUT2D eigenvalue weighted by Gasteiger charge is -2.35. The lowest BCUT2D eigenvalue weighted by Crippen LogP contribution is -2.43. The molecule has 2 aromatic rings. The van der Waals surface area contributed by atoms with Crippen molar-refractivity contribution in [3.8, 4) is 0 Å². The van der Waals surface area contributed by atoms with Gasteiger partial charge in [0.1, 0.15) is 5.66 Å². The number of hydrogen-bond acceptors (Lipinski definition) is 6. The molecule has 0 unspecified atom stereocenters. The highest BCUT2D eigenvalue weighted by atomic mass is 32.2. The fourth-order valence-corrected chi connectivity index (χ4v) is 6.28. The molecule has 6 nitrogen and oxygen atoms in total. The third-order valence-corrected chi connectivity index (χ3v) is 8.06. The first-order valence-electron chi connectivity index (χ1n) is 10.5. The van der Waals surface area contributed by atoms with Gasteiger partial charge in [0.2, 0.25) is 9.84 Å². The number of ether oxygens (including phenoxy) is 1. The molecule has 1 spiro atoms. The van der Waals surface area contributed by atoms with Crippen LogP contribution in [0.25, 0.3) is 0 Å². The van der Waals surface area contributed by atoms with Crippen molar-refractivity contribution in [3.05, 3.63) is 42.5 Å². The van der Waals surface area contributed by atoms with E-state index in [1.165, 1.54) is 19.3 Å². The van der Waals surface area contributed by atoms with Gasteiger partial charge in [0.25, 0.3) is 0 Å². The molecule has 1 saturated carbocycles. The number of hydrogen-bond donors (Lipinski definition) is 2. The average Bonchev–Trinajstić information content (AvgIpc) is 3.12. The maximum atomic E-state index is 13.6. The summed E-state index contributed by atoms with van der Waals surface area (Å²) in [6, 6.07) is 12.4. The van der Waals surface area contributed by atoms with E-state index >= 15 is 0 Å². The minimum atomic E-state index is -3.63. The fraction of sp³-hybridized carbons (Fsp3) is 0.455. The quantitative estimate of drug-likeness (QED) is 0.796. The highest BCUT2D eigenvalue weighted by Crippen LogP contribution is 2.49. The van der Waals surface area contributed by atoms with Crippen molar-refractivity contribution in [3.63, 3.8) is 0 Å². The first-order valence-corrected chi connectivity index (χ1v) is 11.9. The molecule has 0 atom stereocenters. The van der Waals surface area contributed by atoms with E-state index in [0.717, 1.165) is 29.9 Å². The molecule has 2 fully saturated rings. The standard InChI is InChI=1S/C22H27N3O3S/c26-29(27,17-7-3-1-4-8-17)19-10-9-18-20(21(19)25-13-15-28-16-14-25)24-22(23-18)11-5-2-6-12-22/h1,3-4,7-10,23-24H,2,5-6,11-16H2. The number of nitrogens with one attached hydrogen (secondary N) is 2. The number of rotatable bonds is 3. The average molecular weight is 414 g/mol. The zero-order chi connectivity index (χ0) is 19.9. The first kappa shape index (κ1) is 18.8. The van der Waals surface area contributed by atoms with Gasteiger partial charge in [-0.05, 0) is 49.9 Å². The van der Waals surface area contributed by atoms with Crippen LogP contribution in [-0.4, -0.2) is 40.4 Å². The first-order chi connectivity index (χ1) is 14.1. The van der Waals surface area contributed by atoms with Crippen molar-refractivity contribution in [2.24, 2.45) is 0 Å². The largest absolute Gasteiger partial charge is 0.378 e. The number of sulfone groups is 1. The predicted octanol–water partition coefficient (Wildman–Crippen LogP) is 3.85. The van der Waals surface area contributed by atoms with Gasteiger partial charge in [-0.15, -0.1) is 0 Å². The van der Waals surface area contributed by atoms with E-state index in [-0.39, 0.29) is 5.66 Å². The smallest absolute Gasteiger partial charge is 0.208 e. The van der Waals surface area contributed by atoms with E-state index in [9.17, 15) is 8.42 Å². The molecule has 0 amide bonds. The molecule has 1 saturated heterocycles. The summed E-state index contributed by atoms with van der Waals surface area (Å²) in [6.07, 6.45) is 5.70. The molecule has 0 aromatic heterocycles. The second kappa shape index (κ2) is 7.22. The summed E-state index contributed by atoms with van der Waals surface area (Å²) in [6.45, 7) is 2.57. The van der Waals surface area contributed by atoms with Gasteiger partial charge in [0, 0.05) is 13.1 Å². The zero-order valence-electron chi connectivity index (χ0n) is 16.5. The molecule has 0 bridgehead atoms. The molecule has 2 N–H and O–H groups in total. The lowest BCUT2D eigenvalue weighted by molar-refractivity contribution is 0.122. The SMILES string of the molecule is O=S(=O)(c1ccccc1)c1ccc2c(c1N1CCOCC1)NC1(CCCCC1)N2. The monoisotopic (exact) mass is 413 g/mol. The van der Waals surface area contributed by atoms with Gasteiger partial charge in [-0.3, -0.25) is 0 Å². The number of benzene rings is 2. The van der Waals surface area contributed by atoms with Crippen LogP contribution >= 0.6 is 0 Å². The molecule has 1 aliphatic carbocycles. The molecule has 5 rings (SSSR count). The van der Waals surface area contributed by atoms with Crippen LogP contribution in [0.5, 0.6) is 0 Å². The molecule has 154 valence electrons. The lowest BCUT2D eigenvalue weighted by atomic mass is 9.89. The van der Waals surface area contributed by atoms with Crippen molar-refractivity contribution >= 4 is 26.9 Å². The minimum absolute atomic E-state index is 0.156. The number of anilines is 3. The van der Waals surface area contributed by atoms with Crippen LogP contribution in [0.1, 0.15) is 32.1 Å². The summed E-state index contributed by atoms with van der Waals surface area (Å²) in [7, 11) is -3.63. The molecule has 2 aliphatic heterocycles. The van der Waals surface area contributed by atoms with E-state index in [0.29, 0.717) is 36.1 Å². The number of morpholine rings is 1. The van der Waals surface area contributed by atoms with Crippen LogP contribution in [-0.2, 0) is 14.6 Å². The number of fused-ring (bicyclic) bond motifs is 1. The van der Waals surface area contributed by atoms with Crippen molar-refractivity contribution in [2.75, 3.05) is 41.8 Å². The fourth-order valence-electron chi connectivity index (χ4n) is 4.78. The third kappa shape index (κ3) is 3.26. The molecular weight excluding hydrogens is 386 g/mol. The van der Waals surface area contributed by atoms with Crippen LogP contribution in [0.15, 0.2) is 52.3 Å². The van der Waals surface area contributed by atoms with Gasteiger partial charge >= 0.3 is 0 Å². The Balaban J connectivity index is 1.64. The van der Waals surface area contributed by atoms with Crippen LogP contribution in [0.4, 0.5) is 17.1 Å². The van der Waals surface area contributed by atoms with Crippen LogP contribution < -0.4 is 15.5 Å². The highest BCUT2D eigenvalue weighted by Gasteiger charge is 2.41.